The molecule has 7 heteroatoms. The number of nitrogens with zero attached hydrogens (tertiary/aromatic N) is 3. The molecule has 1 unspecified atom stereocenters. The number of carbonyl (C=O) groups excluding carboxylic acids is 1. The number of carbonyl (C=O) groups is 1. The van der Waals surface area contributed by atoms with Gasteiger partial charge >= 0.3 is 0 Å². The molecule has 3 rings (SSSR count). The van der Waals surface area contributed by atoms with Crippen molar-refractivity contribution in [3.8, 4) is 5.88 Å². The van der Waals surface area contributed by atoms with Gasteiger partial charge in [0.15, 0.2) is 0 Å². The van der Waals surface area contributed by atoms with Crippen LogP contribution in [-0.4, -0.2) is 69.3 Å². The number of rotatable bonds is 4. The number of hydrogen-bond donors (Lipinski definition) is 1. The molecular formula is C18H28N4O3. The van der Waals surface area contributed by atoms with E-state index < -0.39 is 5.41 Å². The highest BCUT2D eigenvalue weighted by Crippen LogP contribution is 2.32. The Morgan fingerprint density at radius 3 is 2.72 bits per heavy atom. The molecule has 2 fully saturated rings. The molecule has 2 aliphatic rings. The van der Waals surface area contributed by atoms with Gasteiger partial charge in [0.05, 0.1) is 19.1 Å². The normalized spacial score (nSPS) is 24.8. The van der Waals surface area contributed by atoms with Crippen LogP contribution in [-0.2, 0) is 9.53 Å². The molecule has 7 nitrogen and oxygen atoms in total. The van der Waals surface area contributed by atoms with E-state index in [1.165, 1.54) is 0 Å². The van der Waals surface area contributed by atoms with Crippen molar-refractivity contribution < 1.29 is 14.3 Å². The molecule has 1 aromatic rings. The summed E-state index contributed by atoms with van der Waals surface area (Å²) in [5.74, 6) is 1.29. The van der Waals surface area contributed by atoms with Crippen LogP contribution in [0.5, 0.6) is 5.88 Å². The third-order valence-corrected chi connectivity index (χ3v) is 5.10. The van der Waals surface area contributed by atoms with Crippen LogP contribution in [0, 0.1) is 5.41 Å². The Morgan fingerprint density at radius 1 is 1.32 bits per heavy atom. The minimum Gasteiger partial charge on any atom is -0.479 e. The molecule has 0 radical (unpaired) electrons. The van der Waals surface area contributed by atoms with E-state index in [4.69, 9.17) is 9.47 Å². The number of pyridine rings is 1. The number of hydrogen-bond acceptors (Lipinski definition) is 6. The van der Waals surface area contributed by atoms with Crippen LogP contribution in [0.25, 0.3) is 0 Å². The third kappa shape index (κ3) is 4.04. The number of piperazine rings is 1. The SMILES string of the molecule is COc1nc(N2CCN(C)CC2)ccc1NC(=O)C1(C)CCCOC1. The summed E-state index contributed by atoms with van der Waals surface area (Å²) in [6.07, 6.45) is 1.73. The topological polar surface area (TPSA) is 66.9 Å². The molecular weight excluding hydrogens is 320 g/mol. The van der Waals surface area contributed by atoms with Gasteiger partial charge in [0, 0.05) is 32.8 Å². The van der Waals surface area contributed by atoms with Gasteiger partial charge in [-0.2, -0.15) is 4.98 Å². The first-order valence-electron chi connectivity index (χ1n) is 8.89. The van der Waals surface area contributed by atoms with Crippen molar-refractivity contribution in [1.82, 2.24) is 9.88 Å². The molecule has 1 atom stereocenters. The number of amides is 1. The lowest BCUT2D eigenvalue weighted by Gasteiger charge is -2.33. The molecule has 0 saturated carbocycles. The summed E-state index contributed by atoms with van der Waals surface area (Å²) in [7, 11) is 3.71. The zero-order valence-corrected chi connectivity index (χ0v) is 15.4. The van der Waals surface area contributed by atoms with E-state index in [0.717, 1.165) is 51.4 Å². The van der Waals surface area contributed by atoms with Gasteiger partial charge in [0.2, 0.25) is 11.8 Å². The minimum atomic E-state index is -0.501. The molecule has 1 aromatic heterocycles. The lowest BCUT2D eigenvalue weighted by molar-refractivity contribution is -0.131. The summed E-state index contributed by atoms with van der Waals surface area (Å²) in [5, 5.41) is 2.98. The molecule has 138 valence electrons. The highest BCUT2D eigenvalue weighted by Gasteiger charge is 2.36. The largest absolute Gasteiger partial charge is 0.479 e. The van der Waals surface area contributed by atoms with E-state index in [0.29, 0.717) is 18.2 Å². The number of likely N-dealkylation sites (N-methyl/N-ethyl adjacent to an activating group) is 1. The third-order valence-electron chi connectivity index (χ3n) is 5.10. The van der Waals surface area contributed by atoms with Gasteiger partial charge in [-0.3, -0.25) is 4.79 Å². The molecule has 1 N–H and O–H groups in total. The van der Waals surface area contributed by atoms with Crippen LogP contribution in [0.1, 0.15) is 19.8 Å². The average Bonchev–Trinajstić information content (AvgIpc) is 2.63. The van der Waals surface area contributed by atoms with Gasteiger partial charge in [-0.1, -0.05) is 0 Å². The number of methoxy groups -OCH3 is 1. The van der Waals surface area contributed by atoms with Crippen molar-refractivity contribution >= 4 is 17.4 Å². The summed E-state index contributed by atoms with van der Waals surface area (Å²) in [4.78, 5) is 21.8. The van der Waals surface area contributed by atoms with Crippen LogP contribution in [0.3, 0.4) is 0 Å². The summed E-state index contributed by atoms with van der Waals surface area (Å²) < 4.78 is 10.9. The Morgan fingerprint density at radius 2 is 2.08 bits per heavy atom. The maximum Gasteiger partial charge on any atom is 0.239 e. The Balaban J connectivity index is 1.72. The molecule has 0 aromatic carbocycles. The molecule has 2 aliphatic heterocycles. The number of ether oxygens (including phenoxy) is 2. The second-order valence-corrected chi connectivity index (χ2v) is 7.19. The highest BCUT2D eigenvalue weighted by atomic mass is 16.5. The molecule has 0 bridgehead atoms. The summed E-state index contributed by atoms with van der Waals surface area (Å²) in [6.45, 7) is 7.03. The standard InChI is InChI=1S/C18H28N4O3/c1-18(7-4-12-25-13-18)17(23)19-14-5-6-15(20-16(14)24-3)22-10-8-21(2)9-11-22/h5-6H,4,7-13H2,1-3H3,(H,19,23). The van der Waals surface area contributed by atoms with E-state index in [1.54, 1.807) is 7.11 Å². The lowest BCUT2D eigenvalue weighted by atomic mass is 9.84. The van der Waals surface area contributed by atoms with Crippen molar-refractivity contribution in [3.63, 3.8) is 0 Å². The van der Waals surface area contributed by atoms with E-state index >= 15 is 0 Å². The second kappa shape index (κ2) is 7.58. The van der Waals surface area contributed by atoms with Crippen molar-refractivity contribution in [2.24, 2.45) is 5.41 Å². The van der Waals surface area contributed by atoms with E-state index in [9.17, 15) is 4.79 Å². The van der Waals surface area contributed by atoms with Crippen molar-refractivity contribution in [2.45, 2.75) is 19.8 Å². The number of nitrogens with one attached hydrogen (secondary N) is 1. The first-order valence-corrected chi connectivity index (χ1v) is 8.89. The quantitative estimate of drug-likeness (QED) is 0.891. The van der Waals surface area contributed by atoms with E-state index in [1.807, 2.05) is 19.1 Å². The molecule has 2 saturated heterocycles. The van der Waals surface area contributed by atoms with Crippen molar-refractivity contribution in [2.75, 3.05) is 63.8 Å². The first kappa shape index (κ1) is 17.9. The Bertz CT molecular complexity index is 608. The number of aromatic nitrogens is 1. The molecule has 25 heavy (non-hydrogen) atoms. The fraction of sp³-hybridized carbons (Fsp3) is 0.667. The fourth-order valence-corrected chi connectivity index (χ4v) is 3.28. The predicted molar refractivity (Wildman–Crippen MR) is 97.3 cm³/mol. The molecule has 3 heterocycles. The molecule has 0 aliphatic carbocycles. The molecule has 0 spiro atoms. The van der Waals surface area contributed by atoms with Crippen molar-refractivity contribution in [1.29, 1.82) is 0 Å². The van der Waals surface area contributed by atoms with Gasteiger partial charge in [0.25, 0.3) is 0 Å². The monoisotopic (exact) mass is 348 g/mol. The zero-order chi connectivity index (χ0) is 17.9. The fourth-order valence-electron chi connectivity index (χ4n) is 3.28. The zero-order valence-electron chi connectivity index (χ0n) is 15.4. The summed E-state index contributed by atoms with van der Waals surface area (Å²) >= 11 is 0. The maximum atomic E-state index is 12.7. The Labute approximate surface area is 149 Å². The van der Waals surface area contributed by atoms with Crippen LogP contribution in [0.4, 0.5) is 11.5 Å². The van der Waals surface area contributed by atoms with Crippen LogP contribution >= 0.6 is 0 Å². The van der Waals surface area contributed by atoms with Gasteiger partial charge < -0.3 is 24.6 Å². The lowest BCUT2D eigenvalue weighted by Crippen LogP contribution is -2.44. The Hall–Kier alpha value is -1.86. The number of anilines is 2. The highest BCUT2D eigenvalue weighted by molar-refractivity contribution is 5.96. The predicted octanol–water partition coefficient (Wildman–Crippen LogP) is 1.60. The van der Waals surface area contributed by atoms with Crippen molar-refractivity contribution in [3.05, 3.63) is 12.1 Å². The summed E-state index contributed by atoms with van der Waals surface area (Å²) in [5.41, 5.74) is 0.108. The smallest absolute Gasteiger partial charge is 0.239 e. The maximum absolute atomic E-state index is 12.7. The van der Waals surface area contributed by atoms with Gasteiger partial charge in [-0.05, 0) is 38.9 Å². The van der Waals surface area contributed by atoms with Gasteiger partial charge in [0.1, 0.15) is 11.5 Å². The van der Waals surface area contributed by atoms with Crippen LogP contribution in [0.15, 0.2) is 12.1 Å². The van der Waals surface area contributed by atoms with Gasteiger partial charge in [-0.25, -0.2) is 0 Å². The minimum absolute atomic E-state index is 0.0420. The van der Waals surface area contributed by atoms with E-state index in [2.05, 4.69) is 27.1 Å². The van der Waals surface area contributed by atoms with Crippen LogP contribution < -0.4 is 15.0 Å². The molecule has 1 amide bonds. The van der Waals surface area contributed by atoms with E-state index in [-0.39, 0.29) is 5.91 Å². The van der Waals surface area contributed by atoms with Gasteiger partial charge in [-0.15, -0.1) is 0 Å². The first-order chi connectivity index (χ1) is 12.0. The van der Waals surface area contributed by atoms with Crippen LogP contribution in [0.2, 0.25) is 0 Å². The summed E-state index contributed by atoms with van der Waals surface area (Å²) in [6, 6.07) is 3.83. The second-order valence-electron chi connectivity index (χ2n) is 7.19. The average molecular weight is 348 g/mol. The Kier molecular flexibility index (Phi) is 5.44.